The Bertz CT molecular complexity index is 905. The third-order valence-corrected chi connectivity index (χ3v) is 5.93. The van der Waals surface area contributed by atoms with Crippen LogP contribution in [-0.4, -0.2) is 41.3 Å². The Kier molecular flexibility index (Phi) is 14.3. The van der Waals surface area contributed by atoms with Crippen molar-refractivity contribution in [1.82, 2.24) is 4.90 Å². The number of unbranched alkanes of at least 4 members (excludes halogenated alkanes) is 1. The zero-order valence-electron chi connectivity index (χ0n) is 22.1. The standard InChI is InChI=1S/C26H35BrN2O3.C2H6/c1-9-12-13-22(20(10-2)16-14-19(5)25(31)32-8)29-24(30)23(28-26(29,6)7)18(4)15-17-21(27)11-3;1-2/h10-11,14-17,22H,4-5,9,12-13H2,1-3,6-8H3;1-2H3/b16-14-,17-15-,20-10+,21-11+;. The van der Waals surface area contributed by atoms with Gasteiger partial charge in [0.05, 0.1) is 18.7 Å². The molecule has 0 aromatic carbocycles. The van der Waals surface area contributed by atoms with Gasteiger partial charge in [-0.2, -0.15) is 0 Å². The molecule has 0 fully saturated rings. The Hall–Kier alpha value is -2.47. The first-order chi connectivity index (χ1) is 16.0. The summed E-state index contributed by atoms with van der Waals surface area (Å²) in [5, 5.41) is 0. The van der Waals surface area contributed by atoms with Crippen LogP contribution in [0.4, 0.5) is 0 Å². The van der Waals surface area contributed by atoms with Gasteiger partial charge in [0.25, 0.3) is 5.91 Å². The van der Waals surface area contributed by atoms with Crippen LogP contribution < -0.4 is 0 Å². The van der Waals surface area contributed by atoms with Crippen molar-refractivity contribution >= 4 is 33.5 Å². The van der Waals surface area contributed by atoms with Gasteiger partial charge in [-0.25, -0.2) is 4.79 Å². The van der Waals surface area contributed by atoms with Gasteiger partial charge in [0, 0.05) is 4.48 Å². The second-order valence-electron chi connectivity index (χ2n) is 7.96. The number of amides is 1. The van der Waals surface area contributed by atoms with Crippen molar-refractivity contribution in [1.29, 1.82) is 0 Å². The Labute approximate surface area is 214 Å². The number of rotatable bonds is 11. The van der Waals surface area contributed by atoms with Crippen molar-refractivity contribution in [2.75, 3.05) is 7.11 Å². The molecule has 0 bridgehead atoms. The fourth-order valence-electron chi connectivity index (χ4n) is 3.46. The minimum absolute atomic E-state index is 0.151. The fourth-order valence-corrected chi connectivity index (χ4v) is 3.60. The molecule has 34 heavy (non-hydrogen) atoms. The summed E-state index contributed by atoms with van der Waals surface area (Å²) in [7, 11) is 1.32. The molecular weight excluding hydrogens is 492 g/mol. The van der Waals surface area contributed by atoms with Crippen molar-refractivity contribution in [3.8, 4) is 0 Å². The van der Waals surface area contributed by atoms with Gasteiger partial charge >= 0.3 is 5.97 Å². The van der Waals surface area contributed by atoms with Crippen LogP contribution in [0.15, 0.2) is 75.8 Å². The molecule has 0 radical (unpaired) electrons. The second-order valence-corrected chi connectivity index (χ2v) is 8.87. The number of carbonyl (C=O) groups is 2. The van der Waals surface area contributed by atoms with Crippen molar-refractivity contribution in [2.45, 2.75) is 79.4 Å². The molecule has 1 heterocycles. The first-order valence-corrected chi connectivity index (χ1v) is 12.6. The third kappa shape index (κ3) is 8.71. The number of methoxy groups -OCH3 is 1. The van der Waals surface area contributed by atoms with Crippen molar-refractivity contribution < 1.29 is 14.3 Å². The number of hydrogen-bond acceptors (Lipinski definition) is 4. The van der Waals surface area contributed by atoms with Crippen LogP contribution in [0.2, 0.25) is 0 Å². The number of carbonyl (C=O) groups excluding carboxylic acids is 2. The Balaban J connectivity index is 0.00000529. The van der Waals surface area contributed by atoms with Crippen LogP contribution in [-0.2, 0) is 14.3 Å². The van der Waals surface area contributed by atoms with Gasteiger partial charge in [-0.15, -0.1) is 0 Å². The highest BCUT2D eigenvalue weighted by atomic mass is 79.9. The largest absolute Gasteiger partial charge is 0.465 e. The number of hydrogen-bond donors (Lipinski definition) is 0. The Morgan fingerprint density at radius 3 is 2.26 bits per heavy atom. The molecule has 0 aromatic heterocycles. The van der Waals surface area contributed by atoms with Crippen LogP contribution in [0.5, 0.6) is 0 Å². The molecule has 0 saturated carbocycles. The van der Waals surface area contributed by atoms with E-state index < -0.39 is 11.6 Å². The molecule has 0 aromatic rings. The molecule has 0 aliphatic carbocycles. The molecule has 1 atom stereocenters. The van der Waals surface area contributed by atoms with Gasteiger partial charge in [0.15, 0.2) is 0 Å². The molecular formula is C28H41BrN2O3. The van der Waals surface area contributed by atoms with E-state index in [4.69, 9.17) is 9.73 Å². The highest BCUT2D eigenvalue weighted by Crippen LogP contribution is 2.33. The van der Waals surface area contributed by atoms with Crippen molar-refractivity contribution in [3.05, 3.63) is 70.8 Å². The minimum atomic E-state index is -0.735. The Morgan fingerprint density at radius 2 is 1.76 bits per heavy atom. The molecule has 1 aliphatic heterocycles. The molecule has 0 saturated heterocycles. The highest BCUT2D eigenvalue weighted by Gasteiger charge is 2.44. The van der Waals surface area contributed by atoms with Gasteiger partial charge in [0.1, 0.15) is 11.4 Å². The van der Waals surface area contributed by atoms with Gasteiger partial charge in [-0.3, -0.25) is 9.79 Å². The van der Waals surface area contributed by atoms with E-state index >= 15 is 0 Å². The summed E-state index contributed by atoms with van der Waals surface area (Å²) in [5.41, 5.74) is 1.36. The van der Waals surface area contributed by atoms with E-state index in [0.29, 0.717) is 11.3 Å². The average Bonchev–Trinajstić information content (AvgIpc) is 3.08. The molecule has 5 nitrogen and oxygen atoms in total. The van der Waals surface area contributed by atoms with E-state index in [1.54, 1.807) is 12.2 Å². The van der Waals surface area contributed by atoms with E-state index in [2.05, 4.69) is 36.0 Å². The number of nitrogens with zero attached hydrogens (tertiary/aromatic N) is 2. The van der Waals surface area contributed by atoms with Gasteiger partial charge in [-0.1, -0.05) is 87.0 Å². The average molecular weight is 534 g/mol. The third-order valence-electron chi connectivity index (χ3n) is 5.21. The van der Waals surface area contributed by atoms with Crippen molar-refractivity contribution in [3.63, 3.8) is 0 Å². The minimum Gasteiger partial charge on any atom is -0.465 e. The summed E-state index contributed by atoms with van der Waals surface area (Å²) in [6.07, 6.45) is 13.7. The van der Waals surface area contributed by atoms with Gasteiger partial charge in [0.2, 0.25) is 0 Å². The first-order valence-electron chi connectivity index (χ1n) is 11.8. The lowest BCUT2D eigenvalue weighted by molar-refractivity contribution is -0.135. The molecule has 6 heteroatoms. The summed E-state index contributed by atoms with van der Waals surface area (Å²) in [5.74, 6) is -0.637. The summed E-state index contributed by atoms with van der Waals surface area (Å²) in [6, 6.07) is -0.204. The van der Waals surface area contributed by atoms with Crippen LogP contribution in [0, 0.1) is 0 Å². The van der Waals surface area contributed by atoms with Gasteiger partial charge in [-0.05, 0) is 57.4 Å². The predicted molar refractivity (Wildman–Crippen MR) is 148 cm³/mol. The highest BCUT2D eigenvalue weighted by molar-refractivity contribution is 9.11. The summed E-state index contributed by atoms with van der Waals surface area (Å²) >= 11 is 3.43. The predicted octanol–water partition coefficient (Wildman–Crippen LogP) is 7.23. The zero-order chi connectivity index (χ0) is 26.5. The summed E-state index contributed by atoms with van der Waals surface area (Å²) in [4.78, 5) is 31.8. The molecule has 1 aliphatic rings. The monoisotopic (exact) mass is 532 g/mol. The first kappa shape index (κ1) is 31.5. The van der Waals surface area contributed by atoms with Crippen LogP contribution in [0.3, 0.4) is 0 Å². The van der Waals surface area contributed by atoms with Crippen LogP contribution in [0.1, 0.15) is 67.7 Å². The van der Waals surface area contributed by atoms with Crippen LogP contribution >= 0.6 is 15.9 Å². The number of ether oxygens (including phenoxy) is 1. The van der Waals surface area contributed by atoms with E-state index in [1.165, 1.54) is 7.11 Å². The number of halogens is 1. The smallest absolute Gasteiger partial charge is 0.337 e. The second kappa shape index (κ2) is 15.4. The maximum atomic E-state index is 13.5. The summed E-state index contributed by atoms with van der Waals surface area (Å²) < 4.78 is 5.62. The molecule has 1 rings (SSSR count). The zero-order valence-corrected chi connectivity index (χ0v) is 23.7. The maximum Gasteiger partial charge on any atom is 0.337 e. The number of esters is 1. The lowest BCUT2D eigenvalue weighted by Gasteiger charge is -2.38. The van der Waals surface area contributed by atoms with E-state index in [-0.39, 0.29) is 17.5 Å². The van der Waals surface area contributed by atoms with Gasteiger partial charge < -0.3 is 9.64 Å². The SMILES string of the molecule is C=C(/C=C\C(=C/C)C(CCCC)N1C(=O)C(C(=C)/C=C\C(Br)=C/C)=NC1(C)C)C(=O)OC.CC. The maximum absolute atomic E-state index is 13.5. The summed E-state index contributed by atoms with van der Waals surface area (Å²) in [6.45, 7) is 21.6. The number of aliphatic imine (C=N–C) groups is 1. The molecule has 0 spiro atoms. The lowest BCUT2D eigenvalue weighted by atomic mass is 9.95. The molecule has 188 valence electrons. The van der Waals surface area contributed by atoms with E-state index in [0.717, 1.165) is 29.3 Å². The molecule has 0 N–H and O–H groups in total. The lowest BCUT2D eigenvalue weighted by Crippen LogP contribution is -2.50. The molecule has 1 unspecified atom stereocenters. The van der Waals surface area contributed by atoms with Crippen LogP contribution in [0.25, 0.3) is 0 Å². The van der Waals surface area contributed by atoms with E-state index in [1.807, 2.05) is 70.7 Å². The van der Waals surface area contributed by atoms with E-state index in [9.17, 15) is 9.59 Å². The quantitative estimate of drug-likeness (QED) is 0.160. The molecule has 1 amide bonds. The fraction of sp³-hybridized carbons (Fsp3) is 0.464. The topological polar surface area (TPSA) is 59.0 Å². The number of allylic oxidation sites excluding steroid dienone is 5. The normalized spacial score (nSPS) is 16.9. The Morgan fingerprint density at radius 1 is 1.15 bits per heavy atom. The van der Waals surface area contributed by atoms with Crippen molar-refractivity contribution in [2.24, 2.45) is 4.99 Å².